The van der Waals surface area contributed by atoms with Gasteiger partial charge < -0.3 is 0 Å². The number of hydrogen-bond donors (Lipinski definition) is 0. The van der Waals surface area contributed by atoms with Gasteiger partial charge in [0.05, 0.1) is 0 Å². The quantitative estimate of drug-likeness (QED) is 0.660. The van der Waals surface area contributed by atoms with Crippen molar-refractivity contribution in [1.29, 1.82) is 0 Å². The molecule has 0 radical (unpaired) electrons. The molecule has 0 heteroatoms. The van der Waals surface area contributed by atoms with Crippen molar-refractivity contribution < 1.29 is 0 Å². The Kier molecular flexibility index (Phi) is 6.02. The van der Waals surface area contributed by atoms with Crippen molar-refractivity contribution in [2.75, 3.05) is 0 Å². The van der Waals surface area contributed by atoms with E-state index < -0.39 is 0 Å². The average Bonchev–Trinajstić information content (AvgIpc) is 2.32. The zero-order valence-electron chi connectivity index (χ0n) is 10.2. The first kappa shape index (κ1) is 12.5. The van der Waals surface area contributed by atoms with Crippen molar-refractivity contribution in [3.05, 3.63) is 66.2 Å². The summed E-state index contributed by atoms with van der Waals surface area (Å²) in [5.41, 5.74) is 2.63. The predicted molar refractivity (Wildman–Crippen MR) is 72.6 cm³/mol. The fourth-order valence-electron chi connectivity index (χ4n) is 1.44. The Balaban J connectivity index is 3.04. The molecule has 16 heavy (non-hydrogen) atoms. The van der Waals surface area contributed by atoms with Gasteiger partial charge in [0.2, 0.25) is 0 Å². The van der Waals surface area contributed by atoms with Crippen LogP contribution in [-0.4, -0.2) is 0 Å². The SMILES string of the molecule is CCC/C=C(/C)c1ccccccccc1. The van der Waals surface area contributed by atoms with Crippen LogP contribution >= 0.6 is 0 Å². The second-order valence-corrected chi connectivity index (χ2v) is 3.81. The van der Waals surface area contributed by atoms with Gasteiger partial charge in [0.1, 0.15) is 0 Å². The number of allylic oxidation sites excluding steroid dienone is 2. The fraction of sp³-hybridized carbons (Fsp3) is 0.250. The van der Waals surface area contributed by atoms with Crippen LogP contribution in [0.4, 0.5) is 0 Å². The van der Waals surface area contributed by atoms with Crippen molar-refractivity contribution in [3.8, 4) is 0 Å². The van der Waals surface area contributed by atoms with E-state index in [0.29, 0.717) is 0 Å². The lowest BCUT2D eigenvalue weighted by Gasteiger charge is -1.98. The first-order valence-corrected chi connectivity index (χ1v) is 5.90. The highest BCUT2D eigenvalue weighted by Crippen LogP contribution is 2.12. The van der Waals surface area contributed by atoms with Gasteiger partial charge in [-0.25, -0.2) is 0 Å². The predicted octanol–water partition coefficient (Wildman–Crippen LogP) is 5.01. The van der Waals surface area contributed by atoms with E-state index in [9.17, 15) is 0 Å². The highest BCUT2D eigenvalue weighted by atomic mass is 14.0. The molecule has 0 aliphatic heterocycles. The van der Waals surface area contributed by atoms with Crippen molar-refractivity contribution in [2.45, 2.75) is 26.7 Å². The van der Waals surface area contributed by atoms with Gasteiger partial charge in [0.25, 0.3) is 0 Å². The topological polar surface area (TPSA) is 0 Å². The Bertz CT molecular complexity index is 362. The van der Waals surface area contributed by atoms with E-state index in [0.717, 1.165) is 6.42 Å². The minimum atomic E-state index is 1.15. The minimum absolute atomic E-state index is 1.15. The first-order valence-electron chi connectivity index (χ1n) is 5.90. The van der Waals surface area contributed by atoms with Crippen LogP contribution in [0, 0.1) is 0 Å². The summed E-state index contributed by atoms with van der Waals surface area (Å²) in [4.78, 5) is 0. The first-order chi connectivity index (χ1) is 7.84. The third-order valence-corrected chi connectivity index (χ3v) is 2.41. The zero-order valence-corrected chi connectivity index (χ0v) is 10.2. The molecule has 84 valence electrons. The third kappa shape index (κ3) is 4.79. The minimum Gasteiger partial charge on any atom is -0.0810 e. The highest BCUT2D eigenvalue weighted by molar-refractivity contribution is 5.62. The number of unbranched alkanes of at least 4 members (excludes halogenated alkanes) is 1. The maximum Gasteiger partial charge on any atom is -0.0231 e. The van der Waals surface area contributed by atoms with Gasteiger partial charge in [0, 0.05) is 0 Å². The normalized spacial score (nSPS) is 10.8. The van der Waals surface area contributed by atoms with Crippen molar-refractivity contribution >= 4 is 5.57 Å². The lowest BCUT2D eigenvalue weighted by atomic mass is 10.1. The van der Waals surface area contributed by atoms with Crippen molar-refractivity contribution in [2.24, 2.45) is 0 Å². The molecule has 0 nitrogen and oxygen atoms in total. The summed E-state index contributed by atoms with van der Waals surface area (Å²) in [6, 6.07) is 18.7. The Hall–Kier alpha value is -1.56. The summed E-state index contributed by atoms with van der Waals surface area (Å²) in [5, 5.41) is 0. The van der Waals surface area contributed by atoms with Crippen LogP contribution in [0.5, 0.6) is 0 Å². The molecular weight excluding hydrogens is 192 g/mol. The Morgan fingerprint density at radius 2 is 1.44 bits per heavy atom. The molecule has 0 unspecified atom stereocenters. The maximum atomic E-state index is 2.30. The van der Waals surface area contributed by atoms with E-state index in [4.69, 9.17) is 0 Å². The Morgan fingerprint density at radius 3 is 1.94 bits per heavy atom. The molecule has 0 aliphatic carbocycles. The van der Waals surface area contributed by atoms with Crippen LogP contribution < -0.4 is 0 Å². The summed E-state index contributed by atoms with van der Waals surface area (Å²) in [5.74, 6) is 0. The molecule has 0 saturated carbocycles. The van der Waals surface area contributed by atoms with E-state index in [2.05, 4.69) is 56.3 Å². The van der Waals surface area contributed by atoms with Gasteiger partial charge in [-0.2, -0.15) is 0 Å². The molecule has 0 amide bonds. The van der Waals surface area contributed by atoms with E-state index >= 15 is 0 Å². The summed E-state index contributed by atoms with van der Waals surface area (Å²) < 4.78 is 0. The van der Waals surface area contributed by atoms with Crippen molar-refractivity contribution in [1.82, 2.24) is 0 Å². The molecule has 0 aliphatic rings. The van der Waals surface area contributed by atoms with Crippen LogP contribution in [0.2, 0.25) is 0 Å². The largest absolute Gasteiger partial charge is 0.0810 e. The molecule has 0 heterocycles. The molecule has 1 aromatic rings. The molecule has 0 bridgehead atoms. The highest BCUT2D eigenvalue weighted by Gasteiger charge is 1.90. The van der Waals surface area contributed by atoms with Crippen molar-refractivity contribution in [3.63, 3.8) is 0 Å². The monoisotopic (exact) mass is 212 g/mol. The number of rotatable bonds is 3. The van der Waals surface area contributed by atoms with Gasteiger partial charge in [-0.15, -0.1) is 0 Å². The molecule has 0 spiro atoms. The molecule has 0 fully saturated rings. The summed E-state index contributed by atoms with van der Waals surface area (Å²) in [6.07, 6.45) is 4.65. The van der Waals surface area contributed by atoms with E-state index in [-0.39, 0.29) is 0 Å². The van der Waals surface area contributed by atoms with Crippen LogP contribution in [0.25, 0.3) is 5.57 Å². The Morgan fingerprint density at radius 1 is 0.938 bits per heavy atom. The van der Waals surface area contributed by atoms with Crippen LogP contribution in [0.1, 0.15) is 32.3 Å². The van der Waals surface area contributed by atoms with Gasteiger partial charge in [-0.05, 0) is 24.5 Å². The third-order valence-electron chi connectivity index (χ3n) is 2.41. The van der Waals surface area contributed by atoms with Crippen LogP contribution in [-0.2, 0) is 0 Å². The molecule has 0 saturated heterocycles. The smallest absolute Gasteiger partial charge is 0.0231 e. The van der Waals surface area contributed by atoms with E-state index in [1.165, 1.54) is 17.6 Å². The molecule has 0 aromatic heterocycles. The summed E-state index contributed by atoms with van der Waals surface area (Å²) in [6.45, 7) is 4.37. The van der Waals surface area contributed by atoms with E-state index in [1.807, 2.05) is 18.2 Å². The zero-order chi connectivity index (χ0) is 11.6. The lowest BCUT2D eigenvalue weighted by molar-refractivity contribution is 0.959. The second kappa shape index (κ2) is 7.70. The van der Waals surface area contributed by atoms with Crippen LogP contribution in [0.3, 0.4) is 0 Å². The molecule has 1 aromatic carbocycles. The maximum absolute atomic E-state index is 2.30. The second-order valence-electron chi connectivity index (χ2n) is 3.81. The molecule has 0 atom stereocenters. The fourth-order valence-corrected chi connectivity index (χ4v) is 1.44. The lowest BCUT2D eigenvalue weighted by Crippen LogP contribution is -1.76. The van der Waals surface area contributed by atoms with Gasteiger partial charge >= 0.3 is 0 Å². The van der Waals surface area contributed by atoms with Gasteiger partial charge in [-0.3, -0.25) is 0 Å². The Labute approximate surface area is 99.0 Å². The van der Waals surface area contributed by atoms with Crippen LogP contribution in [0.15, 0.2) is 60.7 Å². The van der Waals surface area contributed by atoms with Gasteiger partial charge in [0.15, 0.2) is 0 Å². The standard InChI is InChI=1S/C16H20/c1-3-4-12-15(2)16-13-10-8-6-5-7-9-11-14-16/h5-14H,3-4H2,1-2H3/b6-5?,7-5?,8-6?,9-7?,10-8?,11-9?,13-10?,14-11?,15-12-,16-13?,16-14?. The van der Waals surface area contributed by atoms with E-state index in [1.54, 1.807) is 0 Å². The average molecular weight is 212 g/mol. The number of hydrogen-bond acceptors (Lipinski definition) is 0. The molecule has 1 rings (SSSR count). The molecule has 0 N–H and O–H groups in total. The molecular formula is C16H20. The van der Waals surface area contributed by atoms with Gasteiger partial charge in [-0.1, -0.05) is 74.0 Å². The summed E-state index contributed by atoms with van der Waals surface area (Å²) in [7, 11) is 0. The summed E-state index contributed by atoms with van der Waals surface area (Å²) >= 11 is 0.